The van der Waals surface area contributed by atoms with Crippen molar-refractivity contribution in [3.05, 3.63) is 58.8 Å². The molecule has 0 saturated carbocycles. The van der Waals surface area contributed by atoms with Crippen LogP contribution in [0.5, 0.6) is 11.5 Å². The second-order valence-corrected chi connectivity index (χ2v) is 6.00. The minimum atomic E-state index is 0. The first-order chi connectivity index (χ1) is 10.4. The van der Waals surface area contributed by atoms with E-state index in [0.29, 0.717) is 0 Å². The molecule has 0 unspecified atom stereocenters. The van der Waals surface area contributed by atoms with Crippen molar-refractivity contribution in [1.82, 2.24) is 5.32 Å². The van der Waals surface area contributed by atoms with Gasteiger partial charge in [-0.25, -0.2) is 0 Å². The quantitative estimate of drug-likeness (QED) is 0.621. The lowest BCUT2D eigenvalue weighted by molar-refractivity contribution is 0.484. The summed E-state index contributed by atoms with van der Waals surface area (Å²) in [5, 5.41) is 7.66. The molecule has 22 heavy (non-hydrogen) atoms. The van der Waals surface area contributed by atoms with Crippen molar-refractivity contribution in [2.24, 2.45) is 0 Å². The number of fused-ring (bicyclic) bond motifs is 1. The zero-order valence-electron chi connectivity index (χ0n) is 12.5. The smallest absolute Gasteiger partial charge is 0.141 e. The van der Waals surface area contributed by atoms with Gasteiger partial charge in [0.15, 0.2) is 0 Å². The van der Waals surface area contributed by atoms with Crippen LogP contribution in [0, 0.1) is 0 Å². The predicted octanol–water partition coefficient (Wildman–Crippen LogP) is 5.27. The van der Waals surface area contributed by atoms with Gasteiger partial charge >= 0.3 is 0 Å². The number of nitrogens with one attached hydrogen (secondary N) is 1. The zero-order chi connectivity index (χ0) is 14.5. The number of rotatable bonds is 6. The fourth-order valence-corrected chi connectivity index (χ4v) is 3.27. The van der Waals surface area contributed by atoms with E-state index in [1.165, 1.54) is 10.3 Å². The molecule has 0 aliphatic heterocycles. The Kier molecular flexibility index (Phi) is 6.25. The van der Waals surface area contributed by atoms with Crippen LogP contribution in [0.15, 0.2) is 53.9 Å². The molecule has 2 aromatic carbocycles. The van der Waals surface area contributed by atoms with Crippen LogP contribution in [0.25, 0.3) is 10.8 Å². The van der Waals surface area contributed by atoms with Gasteiger partial charge in [-0.2, -0.15) is 0 Å². The molecule has 0 bridgehead atoms. The van der Waals surface area contributed by atoms with Gasteiger partial charge < -0.3 is 10.1 Å². The molecule has 1 N–H and O–H groups in total. The van der Waals surface area contributed by atoms with Gasteiger partial charge in [-0.1, -0.05) is 36.4 Å². The number of thiophene rings is 1. The molecule has 0 atom stereocenters. The fraction of sp³-hybridized carbons (Fsp3) is 0.222. The molecule has 3 aromatic rings. The first-order valence-electron chi connectivity index (χ1n) is 7.25. The lowest BCUT2D eigenvalue weighted by atomic mass is 10.1. The van der Waals surface area contributed by atoms with Gasteiger partial charge in [0, 0.05) is 10.3 Å². The molecule has 0 amide bonds. The third-order valence-electron chi connectivity index (χ3n) is 3.50. The van der Waals surface area contributed by atoms with E-state index >= 15 is 0 Å². The monoisotopic (exact) mass is 333 g/mol. The van der Waals surface area contributed by atoms with Crippen molar-refractivity contribution in [3.8, 4) is 11.5 Å². The van der Waals surface area contributed by atoms with Crippen LogP contribution in [0.4, 0.5) is 0 Å². The Bertz CT molecular complexity index is 720. The molecular formula is C18H20ClNOS. The summed E-state index contributed by atoms with van der Waals surface area (Å²) in [6, 6.07) is 16.6. The van der Waals surface area contributed by atoms with Crippen molar-refractivity contribution in [2.75, 3.05) is 13.6 Å². The number of halogens is 1. The summed E-state index contributed by atoms with van der Waals surface area (Å²) in [6.07, 6.45) is 2.18. The first-order valence-corrected chi connectivity index (χ1v) is 8.13. The van der Waals surface area contributed by atoms with Gasteiger partial charge in [0.1, 0.15) is 11.5 Å². The molecule has 0 spiro atoms. The maximum Gasteiger partial charge on any atom is 0.141 e. The highest BCUT2D eigenvalue weighted by molar-refractivity contribution is 7.10. The molecule has 0 radical (unpaired) electrons. The summed E-state index contributed by atoms with van der Waals surface area (Å²) in [7, 11) is 1.99. The highest BCUT2D eigenvalue weighted by atomic mass is 35.5. The molecule has 0 saturated heterocycles. The maximum absolute atomic E-state index is 6.18. The van der Waals surface area contributed by atoms with Crippen molar-refractivity contribution >= 4 is 34.5 Å². The lowest BCUT2D eigenvalue weighted by Gasteiger charge is -2.09. The largest absolute Gasteiger partial charge is 0.456 e. The summed E-state index contributed by atoms with van der Waals surface area (Å²) < 4.78 is 6.18. The van der Waals surface area contributed by atoms with Crippen LogP contribution in [-0.4, -0.2) is 13.6 Å². The van der Waals surface area contributed by atoms with Gasteiger partial charge in [-0.05, 0) is 49.3 Å². The molecule has 0 aliphatic rings. The average Bonchev–Trinajstić information content (AvgIpc) is 2.95. The molecule has 2 nitrogen and oxygen atoms in total. The molecule has 1 aromatic heterocycles. The molecule has 0 fully saturated rings. The van der Waals surface area contributed by atoms with E-state index in [-0.39, 0.29) is 12.4 Å². The number of hydrogen-bond donors (Lipinski definition) is 1. The van der Waals surface area contributed by atoms with Crippen LogP contribution in [0.3, 0.4) is 0 Å². The Balaban J connectivity index is 0.00000176. The average molecular weight is 334 g/mol. The van der Waals surface area contributed by atoms with E-state index < -0.39 is 0 Å². The van der Waals surface area contributed by atoms with E-state index in [1.807, 2.05) is 19.2 Å². The van der Waals surface area contributed by atoms with E-state index in [1.54, 1.807) is 11.3 Å². The van der Waals surface area contributed by atoms with Crippen LogP contribution in [0.2, 0.25) is 0 Å². The lowest BCUT2D eigenvalue weighted by Crippen LogP contribution is -2.08. The van der Waals surface area contributed by atoms with Gasteiger partial charge in [-0.3, -0.25) is 0 Å². The van der Waals surface area contributed by atoms with E-state index in [9.17, 15) is 0 Å². The number of hydrogen-bond acceptors (Lipinski definition) is 3. The standard InChI is InChI=1S/C18H19NOS.ClH/c1-19-12-5-10-18-17(11-13-21-18)20-16-9-4-7-14-6-2-3-8-15(14)16;/h2-4,6-9,11,13,19H,5,10,12H2,1H3;1H. The second kappa shape index (κ2) is 8.18. The van der Waals surface area contributed by atoms with Gasteiger partial charge in [0.25, 0.3) is 0 Å². The molecular weight excluding hydrogens is 314 g/mol. The summed E-state index contributed by atoms with van der Waals surface area (Å²) in [6.45, 7) is 1.03. The molecule has 1 heterocycles. The van der Waals surface area contributed by atoms with Crippen LogP contribution < -0.4 is 10.1 Å². The third-order valence-corrected chi connectivity index (χ3v) is 4.47. The normalized spacial score (nSPS) is 10.4. The van der Waals surface area contributed by atoms with Crippen LogP contribution >= 0.6 is 23.7 Å². The molecule has 0 aliphatic carbocycles. The van der Waals surface area contributed by atoms with Gasteiger partial charge in [0.2, 0.25) is 0 Å². The van der Waals surface area contributed by atoms with Crippen LogP contribution in [-0.2, 0) is 6.42 Å². The van der Waals surface area contributed by atoms with Crippen LogP contribution in [0.1, 0.15) is 11.3 Å². The molecule has 3 rings (SSSR count). The Labute approximate surface area is 141 Å². The minimum absolute atomic E-state index is 0. The predicted molar refractivity (Wildman–Crippen MR) is 97.8 cm³/mol. The Morgan fingerprint density at radius 1 is 1.00 bits per heavy atom. The topological polar surface area (TPSA) is 21.3 Å². The second-order valence-electron chi connectivity index (χ2n) is 4.99. The van der Waals surface area contributed by atoms with Crippen molar-refractivity contribution < 1.29 is 4.74 Å². The highest BCUT2D eigenvalue weighted by Gasteiger charge is 2.08. The van der Waals surface area contributed by atoms with Crippen molar-refractivity contribution in [2.45, 2.75) is 12.8 Å². The summed E-state index contributed by atoms with van der Waals surface area (Å²) in [4.78, 5) is 1.32. The zero-order valence-corrected chi connectivity index (χ0v) is 14.2. The Morgan fingerprint density at radius 2 is 1.82 bits per heavy atom. The minimum Gasteiger partial charge on any atom is -0.456 e. The highest BCUT2D eigenvalue weighted by Crippen LogP contribution is 2.34. The Morgan fingerprint density at radius 3 is 2.68 bits per heavy atom. The van der Waals surface area contributed by atoms with Gasteiger partial charge in [-0.15, -0.1) is 23.7 Å². The van der Waals surface area contributed by atoms with Crippen molar-refractivity contribution in [1.29, 1.82) is 0 Å². The van der Waals surface area contributed by atoms with E-state index in [0.717, 1.165) is 36.3 Å². The van der Waals surface area contributed by atoms with E-state index in [2.05, 4.69) is 47.1 Å². The summed E-state index contributed by atoms with van der Waals surface area (Å²) in [5.41, 5.74) is 0. The fourth-order valence-electron chi connectivity index (χ4n) is 2.43. The Hall–Kier alpha value is -1.55. The number of benzene rings is 2. The maximum atomic E-state index is 6.18. The number of ether oxygens (including phenoxy) is 1. The SMILES string of the molecule is CNCCCc1sccc1Oc1cccc2ccccc12.Cl. The van der Waals surface area contributed by atoms with Crippen molar-refractivity contribution in [3.63, 3.8) is 0 Å². The summed E-state index contributed by atoms with van der Waals surface area (Å²) in [5.74, 6) is 1.92. The van der Waals surface area contributed by atoms with E-state index in [4.69, 9.17) is 4.74 Å². The first kappa shape index (κ1) is 16.8. The molecule has 116 valence electrons. The third kappa shape index (κ3) is 3.80. The number of aryl methyl sites for hydroxylation is 1. The molecule has 4 heteroatoms. The summed E-state index contributed by atoms with van der Waals surface area (Å²) >= 11 is 1.77. The van der Waals surface area contributed by atoms with Gasteiger partial charge in [0.05, 0.1) is 0 Å².